The van der Waals surface area contributed by atoms with Crippen molar-refractivity contribution in [1.82, 2.24) is 9.55 Å². The number of hydrogen-bond acceptors (Lipinski definition) is 3. The Bertz CT molecular complexity index is 1370. The molecule has 0 bridgehead atoms. The van der Waals surface area contributed by atoms with Crippen molar-refractivity contribution < 1.29 is 9.18 Å². The van der Waals surface area contributed by atoms with Gasteiger partial charge < -0.3 is 10.3 Å². The van der Waals surface area contributed by atoms with Crippen molar-refractivity contribution in [1.29, 1.82) is 0 Å². The molecule has 1 aromatic heterocycles. The first kappa shape index (κ1) is 19.0. The molecule has 0 unspecified atom stereocenters. The first-order chi connectivity index (χ1) is 13.9. The molecule has 4 aromatic rings. The largest absolute Gasteiger partial charge is 0.331 e. The number of carbonyl (C=O) groups is 1. The van der Waals surface area contributed by atoms with E-state index in [4.69, 9.17) is 23.8 Å². The van der Waals surface area contributed by atoms with Gasteiger partial charge >= 0.3 is 0 Å². The van der Waals surface area contributed by atoms with Crippen LogP contribution < -0.4 is 10.9 Å². The monoisotopic (exact) mass is 425 g/mol. The van der Waals surface area contributed by atoms with Crippen molar-refractivity contribution >= 4 is 46.3 Å². The Morgan fingerprint density at radius 3 is 2.55 bits per heavy atom. The molecule has 0 saturated heterocycles. The quantitative estimate of drug-likeness (QED) is 0.449. The molecule has 0 fully saturated rings. The van der Waals surface area contributed by atoms with Gasteiger partial charge in [0.25, 0.3) is 11.5 Å². The third-order valence-electron chi connectivity index (χ3n) is 4.35. The zero-order chi connectivity index (χ0) is 20.5. The van der Waals surface area contributed by atoms with Crippen LogP contribution in [0.5, 0.6) is 0 Å². The summed E-state index contributed by atoms with van der Waals surface area (Å²) >= 11 is 11.1. The number of halogens is 2. The number of benzene rings is 3. The topological polar surface area (TPSA) is 66.9 Å². The molecule has 0 atom stereocenters. The molecule has 0 saturated carbocycles. The van der Waals surface area contributed by atoms with Gasteiger partial charge in [0.1, 0.15) is 5.82 Å². The highest BCUT2D eigenvalue weighted by Gasteiger charge is 2.12. The molecular formula is C21H13ClFN3O2S. The Morgan fingerprint density at radius 2 is 1.83 bits per heavy atom. The molecule has 1 heterocycles. The maximum atomic E-state index is 13.3. The maximum Gasteiger partial charge on any atom is 0.266 e. The highest BCUT2D eigenvalue weighted by Crippen LogP contribution is 2.20. The average Bonchev–Trinajstić information content (AvgIpc) is 2.71. The van der Waals surface area contributed by atoms with E-state index in [2.05, 4.69) is 10.3 Å². The molecular weight excluding hydrogens is 413 g/mol. The summed E-state index contributed by atoms with van der Waals surface area (Å²) in [5.41, 5.74) is 1.47. The third-order valence-corrected chi connectivity index (χ3v) is 4.93. The van der Waals surface area contributed by atoms with E-state index in [1.165, 1.54) is 28.8 Å². The number of rotatable bonds is 3. The van der Waals surface area contributed by atoms with Crippen molar-refractivity contribution in [3.8, 4) is 5.69 Å². The summed E-state index contributed by atoms with van der Waals surface area (Å²) in [7, 11) is 0. The predicted molar refractivity (Wildman–Crippen MR) is 114 cm³/mol. The zero-order valence-electron chi connectivity index (χ0n) is 14.8. The normalized spacial score (nSPS) is 10.8. The number of nitrogens with zero attached hydrogens (tertiary/aromatic N) is 1. The molecule has 29 heavy (non-hydrogen) atoms. The SMILES string of the molecule is O=C(Nc1ccc(F)c(Cl)c1)c1ccc2c(=O)n(-c3ccccc3)c(=S)[nH]c2c1. The van der Waals surface area contributed by atoms with Crippen molar-refractivity contribution in [2.24, 2.45) is 0 Å². The smallest absolute Gasteiger partial charge is 0.266 e. The summed E-state index contributed by atoms with van der Waals surface area (Å²) in [4.78, 5) is 28.5. The molecule has 5 nitrogen and oxygen atoms in total. The predicted octanol–water partition coefficient (Wildman–Crippen LogP) is 5.09. The fourth-order valence-electron chi connectivity index (χ4n) is 2.95. The lowest BCUT2D eigenvalue weighted by atomic mass is 10.1. The molecule has 0 aliphatic heterocycles. The van der Waals surface area contributed by atoms with E-state index in [-0.39, 0.29) is 15.4 Å². The minimum Gasteiger partial charge on any atom is -0.331 e. The van der Waals surface area contributed by atoms with Crippen LogP contribution in [0, 0.1) is 10.6 Å². The summed E-state index contributed by atoms with van der Waals surface area (Å²) < 4.78 is 14.9. The van der Waals surface area contributed by atoms with Crippen molar-refractivity contribution in [3.05, 3.63) is 98.3 Å². The summed E-state index contributed by atoms with van der Waals surface area (Å²) in [5.74, 6) is -1.00. The number of hydrogen-bond donors (Lipinski definition) is 2. The van der Waals surface area contributed by atoms with Crippen molar-refractivity contribution in [3.63, 3.8) is 0 Å². The van der Waals surface area contributed by atoms with Crippen LogP contribution >= 0.6 is 23.8 Å². The van der Waals surface area contributed by atoms with Crippen LogP contribution in [0.25, 0.3) is 16.6 Å². The van der Waals surface area contributed by atoms with Crippen LogP contribution in [0.1, 0.15) is 10.4 Å². The molecule has 3 aromatic carbocycles. The van der Waals surface area contributed by atoms with Gasteiger partial charge in [-0.05, 0) is 60.7 Å². The van der Waals surface area contributed by atoms with E-state index in [1.54, 1.807) is 24.3 Å². The number of nitrogens with one attached hydrogen (secondary N) is 2. The van der Waals surface area contributed by atoms with Gasteiger partial charge in [-0.1, -0.05) is 29.8 Å². The molecule has 1 amide bonds. The molecule has 2 N–H and O–H groups in total. The lowest BCUT2D eigenvalue weighted by Crippen LogP contribution is -2.21. The fraction of sp³-hybridized carbons (Fsp3) is 0. The number of carbonyl (C=O) groups excluding carboxylic acids is 1. The summed E-state index contributed by atoms with van der Waals surface area (Å²) in [6.45, 7) is 0. The van der Waals surface area contributed by atoms with E-state index in [0.717, 1.165) is 0 Å². The second-order valence-electron chi connectivity index (χ2n) is 6.25. The van der Waals surface area contributed by atoms with Crippen molar-refractivity contribution in [2.75, 3.05) is 5.32 Å². The number of H-pyrrole nitrogens is 1. The lowest BCUT2D eigenvalue weighted by Gasteiger charge is -2.10. The minimum absolute atomic E-state index is 0.0909. The van der Waals surface area contributed by atoms with Gasteiger partial charge in [-0.25, -0.2) is 4.39 Å². The van der Waals surface area contributed by atoms with Gasteiger partial charge in [0.2, 0.25) is 0 Å². The molecule has 8 heteroatoms. The average molecular weight is 426 g/mol. The molecule has 0 aliphatic carbocycles. The van der Waals surface area contributed by atoms with Crippen LogP contribution in [0.2, 0.25) is 5.02 Å². The summed E-state index contributed by atoms with van der Waals surface area (Å²) in [6.07, 6.45) is 0. The van der Waals surface area contributed by atoms with Crippen LogP contribution in [-0.4, -0.2) is 15.5 Å². The van der Waals surface area contributed by atoms with Gasteiger partial charge in [-0.2, -0.15) is 0 Å². The van der Waals surface area contributed by atoms with Gasteiger partial charge in [0, 0.05) is 11.3 Å². The Hall–Kier alpha value is -3.29. The van der Waals surface area contributed by atoms with Crippen molar-refractivity contribution in [2.45, 2.75) is 0 Å². The van der Waals surface area contributed by atoms with Gasteiger partial charge in [-0.3, -0.25) is 14.2 Å². The van der Waals surface area contributed by atoms with E-state index in [9.17, 15) is 14.0 Å². The first-order valence-corrected chi connectivity index (χ1v) is 9.33. The number of fused-ring (bicyclic) bond motifs is 1. The molecule has 0 radical (unpaired) electrons. The van der Waals surface area contributed by atoms with Crippen LogP contribution in [0.15, 0.2) is 71.5 Å². The van der Waals surface area contributed by atoms with Crippen LogP contribution in [0.3, 0.4) is 0 Å². The Morgan fingerprint density at radius 1 is 1.07 bits per heavy atom. The summed E-state index contributed by atoms with van der Waals surface area (Å²) in [6, 6.07) is 17.6. The van der Waals surface area contributed by atoms with E-state index >= 15 is 0 Å². The number of amides is 1. The lowest BCUT2D eigenvalue weighted by molar-refractivity contribution is 0.102. The molecule has 144 valence electrons. The highest BCUT2D eigenvalue weighted by molar-refractivity contribution is 7.71. The number of aromatic amines is 1. The number of aromatic nitrogens is 2. The Kier molecular flexibility index (Phi) is 5.00. The second kappa shape index (κ2) is 7.62. The summed E-state index contributed by atoms with van der Waals surface area (Å²) in [5, 5.41) is 2.95. The Labute approximate surface area is 174 Å². The van der Waals surface area contributed by atoms with Gasteiger partial charge in [0.15, 0.2) is 4.77 Å². The van der Waals surface area contributed by atoms with Gasteiger partial charge in [-0.15, -0.1) is 0 Å². The zero-order valence-corrected chi connectivity index (χ0v) is 16.4. The number of anilines is 1. The highest BCUT2D eigenvalue weighted by atomic mass is 35.5. The maximum absolute atomic E-state index is 13.3. The second-order valence-corrected chi connectivity index (χ2v) is 7.04. The van der Waals surface area contributed by atoms with E-state index in [1.807, 2.05) is 18.2 Å². The first-order valence-electron chi connectivity index (χ1n) is 8.55. The minimum atomic E-state index is -0.572. The van der Waals surface area contributed by atoms with Crippen LogP contribution in [0.4, 0.5) is 10.1 Å². The fourth-order valence-corrected chi connectivity index (χ4v) is 3.43. The number of para-hydroxylation sites is 1. The standard InChI is InChI=1S/C21H13ClFN3O2S/c22-16-11-13(7-9-17(16)23)24-19(27)12-6-8-15-18(10-12)25-21(29)26(20(15)28)14-4-2-1-3-5-14/h1-11H,(H,24,27)(H,25,29). The molecule has 0 aliphatic rings. The van der Waals surface area contributed by atoms with E-state index < -0.39 is 11.7 Å². The third kappa shape index (κ3) is 3.70. The van der Waals surface area contributed by atoms with E-state index in [0.29, 0.717) is 27.8 Å². The molecule has 4 rings (SSSR count). The molecule has 0 spiro atoms. The van der Waals surface area contributed by atoms with Gasteiger partial charge in [0.05, 0.1) is 21.6 Å². The van der Waals surface area contributed by atoms with Crippen LogP contribution in [-0.2, 0) is 0 Å². The Balaban J connectivity index is 1.73.